The summed E-state index contributed by atoms with van der Waals surface area (Å²) in [7, 11) is 3.96. The summed E-state index contributed by atoms with van der Waals surface area (Å²) in [5.74, 6) is -0.280. The molecule has 0 saturated carbocycles. The van der Waals surface area contributed by atoms with Gasteiger partial charge in [0.25, 0.3) is 0 Å². The number of hydrogen-bond donors (Lipinski definition) is 0. The van der Waals surface area contributed by atoms with E-state index in [1.54, 1.807) is 31.4 Å². The molecule has 134 valence electrons. The molecule has 0 spiro atoms. The van der Waals surface area contributed by atoms with E-state index < -0.39 is 12.1 Å². The van der Waals surface area contributed by atoms with E-state index in [-0.39, 0.29) is 17.2 Å². The van der Waals surface area contributed by atoms with Crippen LogP contribution in [0, 0.1) is 0 Å². The summed E-state index contributed by atoms with van der Waals surface area (Å²) in [5, 5.41) is 7.98. The molecule has 9 heteroatoms. The van der Waals surface area contributed by atoms with Crippen LogP contribution in [0.25, 0.3) is 0 Å². The summed E-state index contributed by atoms with van der Waals surface area (Å²) in [5.41, 5.74) is 0.772. The largest absolute Gasteiger partial charge is 0.573 e. The Morgan fingerprint density at radius 3 is 1.72 bits per heavy atom. The molecule has 0 N–H and O–H groups in total. The quantitative estimate of drug-likeness (QED) is 0.681. The lowest BCUT2D eigenvalue weighted by atomic mass is 10.2. The van der Waals surface area contributed by atoms with E-state index in [4.69, 9.17) is 14.2 Å². The molecule has 0 aromatic heterocycles. The number of ether oxygens (including phenoxy) is 4. The molecule has 0 fully saturated rings. The van der Waals surface area contributed by atoms with Crippen LogP contribution in [-0.2, 0) is 0 Å². The second-order valence-corrected chi connectivity index (χ2v) is 4.63. The fourth-order valence-corrected chi connectivity index (χ4v) is 1.90. The molecular weight excluding hydrogens is 341 g/mol. The maximum absolute atomic E-state index is 12.5. The van der Waals surface area contributed by atoms with Gasteiger partial charge in [0.15, 0.2) is 11.5 Å². The van der Waals surface area contributed by atoms with Gasteiger partial charge in [-0.3, -0.25) is 0 Å². The first kappa shape index (κ1) is 18.4. The first-order chi connectivity index (χ1) is 11.9. The topological polar surface area (TPSA) is 61.6 Å². The SMILES string of the molecule is COc1ccc(N=Nc2cc(OC)c(OC(F)(F)F)c(OC)c2)cc1. The third-order valence-corrected chi connectivity index (χ3v) is 3.02. The zero-order valence-electron chi connectivity index (χ0n) is 13.6. The van der Waals surface area contributed by atoms with Crippen LogP contribution in [0.3, 0.4) is 0 Å². The summed E-state index contributed by atoms with van der Waals surface area (Å²) >= 11 is 0. The maximum atomic E-state index is 12.5. The van der Waals surface area contributed by atoms with Crippen molar-refractivity contribution in [1.29, 1.82) is 0 Å². The molecule has 0 saturated heterocycles. The first-order valence-corrected chi connectivity index (χ1v) is 6.94. The van der Waals surface area contributed by atoms with Gasteiger partial charge in [-0.05, 0) is 24.3 Å². The highest BCUT2D eigenvalue weighted by Crippen LogP contribution is 2.43. The van der Waals surface area contributed by atoms with Gasteiger partial charge in [0.05, 0.1) is 32.7 Å². The van der Waals surface area contributed by atoms with Crippen LogP contribution in [0.2, 0.25) is 0 Å². The molecule has 2 aromatic carbocycles. The molecule has 0 atom stereocenters. The highest BCUT2D eigenvalue weighted by molar-refractivity contribution is 5.60. The van der Waals surface area contributed by atoms with Gasteiger partial charge in [-0.25, -0.2) is 0 Å². The molecule has 0 aliphatic carbocycles. The molecule has 0 bridgehead atoms. The van der Waals surface area contributed by atoms with E-state index in [0.29, 0.717) is 11.4 Å². The van der Waals surface area contributed by atoms with Gasteiger partial charge in [-0.15, -0.1) is 13.2 Å². The fourth-order valence-electron chi connectivity index (χ4n) is 1.90. The summed E-state index contributed by atoms with van der Waals surface area (Å²) in [6.07, 6.45) is -4.88. The van der Waals surface area contributed by atoms with Crippen molar-refractivity contribution in [1.82, 2.24) is 0 Å². The number of benzene rings is 2. The van der Waals surface area contributed by atoms with Gasteiger partial charge in [0.2, 0.25) is 5.75 Å². The molecule has 0 amide bonds. The number of hydrogen-bond acceptors (Lipinski definition) is 6. The van der Waals surface area contributed by atoms with E-state index in [0.717, 1.165) is 0 Å². The Balaban J connectivity index is 2.33. The Labute approximate surface area is 141 Å². The molecule has 0 heterocycles. The predicted octanol–water partition coefficient (Wildman–Crippen LogP) is 5.03. The van der Waals surface area contributed by atoms with E-state index in [1.165, 1.54) is 26.4 Å². The molecule has 0 unspecified atom stereocenters. The van der Waals surface area contributed by atoms with Crippen LogP contribution in [0.1, 0.15) is 0 Å². The Hall–Kier alpha value is -2.97. The van der Waals surface area contributed by atoms with Crippen LogP contribution >= 0.6 is 0 Å². The van der Waals surface area contributed by atoms with Gasteiger partial charge in [-0.1, -0.05) is 0 Å². The van der Waals surface area contributed by atoms with E-state index in [9.17, 15) is 13.2 Å². The van der Waals surface area contributed by atoms with Crippen molar-refractivity contribution in [3.05, 3.63) is 36.4 Å². The highest BCUT2D eigenvalue weighted by atomic mass is 19.4. The van der Waals surface area contributed by atoms with Gasteiger partial charge in [0.1, 0.15) is 5.75 Å². The lowest BCUT2D eigenvalue weighted by Gasteiger charge is -2.15. The number of azo groups is 1. The minimum Gasteiger partial charge on any atom is -0.497 e. The molecule has 0 aliphatic heterocycles. The van der Waals surface area contributed by atoms with Crippen molar-refractivity contribution in [2.45, 2.75) is 6.36 Å². The number of halogens is 3. The Morgan fingerprint density at radius 1 is 0.760 bits per heavy atom. The van der Waals surface area contributed by atoms with Crippen LogP contribution < -0.4 is 18.9 Å². The first-order valence-electron chi connectivity index (χ1n) is 6.94. The maximum Gasteiger partial charge on any atom is 0.573 e. The standard InChI is InChI=1S/C16H15F3N2O4/c1-22-12-6-4-10(5-7-12)20-21-11-8-13(23-2)15(14(9-11)24-3)25-16(17,18)19/h4-9H,1-3H3. The zero-order chi connectivity index (χ0) is 18.4. The predicted molar refractivity (Wildman–Crippen MR) is 83.4 cm³/mol. The third kappa shape index (κ3) is 5.00. The normalized spacial score (nSPS) is 11.4. The summed E-state index contributed by atoms with van der Waals surface area (Å²) in [6.45, 7) is 0. The van der Waals surface area contributed by atoms with Crippen LogP contribution in [0.4, 0.5) is 24.5 Å². The van der Waals surface area contributed by atoms with Crippen LogP contribution in [-0.4, -0.2) is 27.7 Å². The third-order valence-electron chi connectivity index (χ3n) is 3.02. The molecule has 0 aliphatic rings. The number of alkyl halides is 3. The summed E-state index contributed by atoms with van der Waals surface area (Å²) in [4.78, 5) is 0. The number of nitrogens with zero attached hydrogens (tertiary/aromatic N) is 2. The van der Waals surface area contributed by atoms with Crippen molar-refractivity contribution in [3.63, 3.8) is 0 Å². The average Bonchev–Trinajstić information content (AvgIpc) is 2.59. The van der Waals surface area contributed by atoms with Gasteiger partial charge >= 0.3 is 6.36 Å². The molecule has 0 radical (unpaired) electrons. The second-order valence-electron chi connectivity index (χ2n) is 4.63. The van der Waals surface area contributed by atoms with Crippen molar-refractivity contribution in [2.75, 3.05) is 21.3 Å². The Morgan fingerprint density at radius 2 is 1.28 bits per heavy atom. The number of methoxy groups -OCH3 is 3. The lowest BCUT2D eigenvalue weighted by Crippen LogP contribution is -2.18. The monoisotopic (exact) mass is 356 g/mol. The molecule has 2 rings (SSSR count). The fraction of sp³-hybridized carbons (Fsp3) is 0.250. The van der Waals surface area contributed by atoms with Gasteiger partial charge < -0.3 is 18.9 Å². The Bertz CT molecular complexity index is 721. The smallest absolute Gasteiger partial charge is 0.497 e. The van der Waals surface area contributed by atoms with Crippen LogP contribution in [0.5, 0.6) is 23.0 Å². The average molecular weight is 356 g/mol. The van der Waals surface area contributed by atoms with Crippen molar-refractivity contribution < 1.29 is 32.1 Å². The van der Waals surface area contributed by atoms with E-state index in [1.807, 2.05) is 0 Å². The summed E-state index contributed by atoms with van der Waals surface area (Å²) in [6, 6.07) is 9.29. The highest BCUT2D eigenvalue weighted by Gasteiger charge is 2.34. The van der Waals surface area contributed by atoms with E-state index >= 15 is 0 Å². The minimum absolute atomic E-state index is 0.180. The van der Waals surface area contributed by atoms with Gasteiger partial charge in [0, 0.05) is 12.1 Å². The number of rotatable bonds is 6. The molecule has 25 heavy (non-hydrogen) atoms. The van der Waals surface area contributed by atoms with Crippen molar-refractivity contribution in [2.24, 2.45) is 10.2 Å². The second kappa shape index (κ2) is 7.73. The van der Waals surface area contributed by atoms with Crippen molar-refractivity contribution >= 4 is 11.4 Å². The molecular formula is C16H15F3N2O4. The zero-order valence-corrected chi connectivity index (χ0v) is 13.6. The van der Waals surface area contributed by atoms with Crippen LogP contribution in [0.15, 0.2) is 46.6 Å². The minimum atomic E-state index is -4.88. The molecule has 6 nitrogen and oxygen atoms in total. The van der Waals surface area contributed by atoms with Crippen molar-refractivity contribution in [3.8, 4) is 23.0 Å². The summed E-state index contributed by atoms with van der Waals surface area (Å²) < 4.78 is 56.4. The Kier molecular flexibility index (Phi) is 5.68. The lowest BCUT2D eigenvalue weighted by molar-refractivity contribution is -0.275. The molecule has 2 aromatic rings. The van der Waals surface area contributed by atoms with Gasteiger partial charge in [-0.2, -0.15) is 10.2 Å². The van der Waals surface area contributed by atoms with E-state index in [2.05, 4.69) is 15.0 Å².